The zero-order valence-corrected chi connectivity index (χ0v) is 28.6. The molecule has 3 aromatic carbocycles. The van der Waals surface area contributed by atoms with Crippen LogP contribution in [0.2, 0.25) is 5.02 Å². The molecule has 0 atom stereocenters. The number of carbonyl (C=O) groups excluding carboxylic acids is 4. The number of hydrogen-bond donors (Lipinski definition) is 3. The van der Waals surface area contributed by atoms with Gasteiger partial charge in [-0.2, -0.15) is 0 Å². The van der Waals surface area contributed by atoms with E-state index in [1.165, 1.54) is 6.42 Å². The number of rotatable bonds is 13. The largest absolute Gasteiger partial charge is 0.482 e. The second-order valence-corrected chi connectivity index (χ2v) is 13.4. The summed E-state index contributed by atoms with van der Waals surface area (Å²) in [6, 6.07) is 20.7. The summed E-state index contributed by atoms with van der Waals surface area (Å²) in [4.78, 5) is 53.1. The molecular formula is C37H45ClN4O6. The Kier molecular flexibility index (Phi) is 13.3. The van der Waals surface area contributed by atoms with Crippen molar-refractivity contribution in [3.05, 3.63) is 88.9 Å². The zero-order chi connectivity index (χ0) is 34.5. The average Bonchev–Trinajstić information content (AvgIpc) is 3.04. The number of benzene rings is 3. The van der Waals surface area contributed by atoms with Gasteiger partial charge in [0.2, 0.25) is 5.91 Å². The first-order chi connectivity index (χ1) is 22.9. The maximum absolute atomic E-state index is 13.7. The number of urea groups is 1. The van der Waals surface area contributed by atoms with E-state index in [1.54, 1.807) is 80.3 Å². The lowest BCUT2D eigenvalue weighted by Gasteiger charge is -2.31. The Morgan fingerprint density at radius 2 is 1.60 bits per heavy atom. The number of nitrogens with one attached hydrogen (secondary N) is 3. The van der Waals surface area contributed by atoms with E-state index in [9.17, 15) is 19.2 Å². The van der Waals surface area contributed by atoms with Gasteiger partial charge in [0.25, 0.3) is 5.91 Å². The summed E-state index contributed by atoms with van der Waals surface area (Å²) in [7, 11) is 0. The molecule has 0 unspecified atom stereocenters. The van der Waals surface area contributed by atoms with Gasteiger partial charge in [0.05, 0.1) is 18.7 Å². The molecule has 1 fully saturated rings. The van der Waals surface area contributed by atoms with Crippen molar-refractivity contribution >= 4 is 46.8 Å². The molecule has 48 heavy (non-hydrogen) atoms. The Morgan fingerprint density at radius 3 is 2.35 bits per heavy atom. The highest BCUT2D eigenvalue weighted by atomic mass is 35.5. The van der Waals surface area contributed by atoms with Gasteiger partial charge in [-0.1, -0.05) is 67.3 Å². The van der Waals surface area contributed by atoms with Gasteiger partial charge < -0.3 is 30.3 Å². The highest BCUT2D eigenvalue weighted by Gasteiger charge is 2.25. The van der Waals surface area contributed by atoms with Crippen molar-refractivity contribution < 1.29 is 28.7 Å². The molecule has 11 heteroatoms. The van der Waals surface area contributed by atoms with Crippen LogP contribution >= 0.6 is 11.6 Å². The van der Waals surface area contributed by atoms with Crippen molar-refractivity contribution in [3.8, 4) is 5.75 Å². The van der Waals surface area contributed by atoms with Gasteiger partial charge in [0, 0.05) is 23.8 Å². The molecule has 0 spiro atoms. The van der Waals surface area contributed by atoms with Crippen molar-refractivity contribution in [1.29, 1.82) is 0 Å². The molecule has 1 aliphatic rings. The van der Waals surface area contributed by atoms with Crippen LogP contribution in [0.1, 0.15) is 64.0 Å². The Labute approximate surface area is 287 Å². The highest BCUT2D eigenvalue weighted by Crippen LogP contribution is 2.32. The van der Waals surface area contributed by atoms with E-state index in [4.69, 9.17) is 21.1 Å². The fourth-order valence-electron chi connectivity index (χ4n) is 5.54. The molecule has 0 bridgehead atoms. The molecule has 0 aliphatic heterocycles. The molecule has 3 N–H and O–H groups in total. The molecule has 0 saturated heterocycles. The number of anilines is 2. The lowest BCUT2D eigenvalue weighted by atomic mass is 9.89. The molecule has 1 aliphatic carbocycles. The van der Waals surface area contributed by atoms with Crippen LogP contribution in [0.4, 0.5) is 16.2 Å². The lowest BCUT2D eigenvalue weighted by Crippen LogP contribution is -2.44. The monoisotopic (exact) mass is 676 g/mol. The normalized spacial score (nSPS) is 13.2. The molecule has 256 valence electrons. The number of halogens is 1. The van der Waals surface area contributed by atoms with E-state index in [1.807, 2.05) is 18.2 Å². The third-order valence-electron chi connectivity index (χ3n) is 7.71. The Balaban J connectivity index is 1.38. The van der Waals surface area contributed by atoms with Crippen LogP contribution in [0.25, 0.3) is 0 Å². The Hall–Kier alpha value is -4.57. The number of ether oxygens (including phenoxy) is 2. The van der Waals surface area contributed by atoms with Crippen LogP contribution in [0.15, 0.2) is 72.8 Å². The van der Waals surface area contributed by atoms with Crippen LogP contribution in [-0.4, -0.2) is 49.1 Å². The molecule has 3 aromatic rings. The predicted molar refractivity (Wildman–Crippen MR) is 187 cm³/mol. The van der Waals surface area contributed by atoms with Crippen molar-refractivity contribution in [1.82, 2.24) is 10.6 Å². The van der Waals surface area contributed by atoms with Gasteiger partial charge in [-0.25, -0.2) is 4.79 Å². The maximum atomic E-state index is 13.7. The average molecular weight is 677 g/mol. The number of para-hydroxylation sites is 2. The van der Waals surface area contributed by atoms with Crippen LogP contribution in [-0.2, 0) is 32.1 Å². The summed E-state index contributed by atoms with van der Waals surface area (Å²) < 4.78 is 11.3. The smallest absolute Gasteiger partial charge is 0.319 e. The number of esters is 1. The van der Waals surface area contributed by atoms with Crippen molar-refractivity contribution in [3.63, 3.8) is 0 Å². The van der Waals surface area contributed by atoms with E-state index < -0.39 is 11.6 Å². The Morgan fingerprint density at radius 1 is 0.875 bits per heavy atom. The summed E-state index contributed by atoms with van der Waals surface area (Å²) in [5.74, 6) is -0.293. The molecule has 4 amide bonds. The number of amides is 4. The highest BCUT2D eigenvalue weighted by molar-refractivity contribution is 6.30. The van der Waals surface area contributed by atoms with Gasteiger partial charge in [-0.05, 0) is 87.1 Å². The van der Waals surface area contributed by atoms with Gasteiger partial charge in [0.15, 0.2) is 6.61 Å². The first-order valence-corrected chi connectivity index (χ1v) is 16.7. The standard InChI is InChI=1S/C37H45ClN4O6/c1-37(2,3)48-35(45)21-27-13-10-16-30(20-27)41-36(46)40-23-34(44)42(24-26-11-5-4-6-12-26)31-17-7-8-18-32(31)47-25-33(43)39-22-28-14-9-15-29(38)19-28/h7-10,13-20,26H,4-6,11-12,21-25H2,1-3H3,(H,39,43)(H2,40,41,46). The number of nitrogens with zero attached hydrogens (tertiary/aromatic N) is 1. The van der Waals surface area contributed by atoms with E-state index in [2.05, 4.69) is 16.0 Å². The molecule has 10 nitrogen and oxygen atoms in total. The lowest BCUT2D eigenvalue weighted by molar-refractivity contribution is -0.153. The first-order valence-electron chi connectivity index (χ1n) is 16.3. The molecular weight excluding hydrogens is 632 g/mol. The topological polar surface area (TPSA) is 126 Å². The number of hydrogen-bond acceptors (Lipinski definition) is 6. The Bertz CT molecular complexity index is 1570. The summed E-state index contributed by atoms with van der Waals surface area (Å²) >= 11 is 6.05. The van der Waals surface area contributed by atoms with E-state index in [0.717, 1.165) is 31.2 Å². The van der Waals surface area contributed by atoms with Crippen molar-refractivity contribution in [2.75, 3.05) is 29.9 Å². The third kappa shape index (κ3) is 12.2. The number of carbonyl (C=O) groups is 4. The van der Waals surface area contributed by atoms with E-state index >= 15 is 0 Å². The van der Waals surface area contributed by atoms with E-state index in [0.29, 0.717) is 46.7 Å². The van der Waals surface area contributed by atoms with Gasteiger partial charge in [-0.3, -0.25) is 14.4 Å². The quantitative estimate of drug-likeness (QED) is 0.174. The second kappa shape index (κ2) is 17.5. The van der Waals surface area contributed by atoms with Crippen LogP contribution in [0.3, 0.4) is 0 Å². The SMILES string of the molecule is CC(C)(C)OC(=O)Cc1cccc(NC(=O)NCC(=O)N(CC2CCCCC2)c2ccccc2OCC(=O)NCc2cccc(Cl)c2)c1. The van der Waals surface area contributed by atoms with Gasteiger partial charge in [-0.15, -0.1) is 0 Å². The first kappa shape index (κ1) is 36.3. The van der Waals surface area contributed by atoms with Crippen LogP contribution in [0.5, 0.6) is 5.75 Å². The fourth-order valence-corrected chi connectivity index (χ4v) is 5.75. The third-order valence-corrected chi connectivity index (χ3v) is 7.95. The minimum Gasteiger partial charge on any atom is -0.482 e. The van der Waals surface area contributed by atoms with Crippen LogP contribution < -0.4 is 25.6 Å². The molecule has 0 radical (unpaired) electrons. The van der Waals surface area contributed by atoms with Gasteiger partial charge >= 0.3 is 12.0 Å². The molecule has 0 heterocycles. The van der Waals surface area contributed by atoms with Crippen molar-refractivity contribution in [2.45, 2.75) is 71.4 Å². The zero-order valence-electron chi connectivity index (χ0n) is 27.9. The molecule has 1 saturated carbocycles. The summed E-state index contributed by atoms with van der Waals surface area (Å²) in [5.41, 5.74) is 1.97. The summed E-state index contributed by atoms with van der Waals surface area (Å²) in [6.07, 6.45) is 5.46. The molecule has 0 aromatic heterocycles. The van der Waals surface area contributed by atoms with Gasteiger partial charge in [0.1, 0.15) is 11.4 Å². The predicted octanol–water partition coefficient (Wildman–Crippen LogP) is 6.65. The van der Waals surface area contributed by atoms with Crippen LogP contribution in [0, 0.1) is 5.92 Å². The van der Waals surface area contributed by atoms with Crippen molar-refractivity contribution in [2.24, 2.45) is 5.92 Å². The minimum absolute atomic E-state index is 0.0636. The second-order valence-electron chi connectivity index (χ2n) is 12.9. The van der Waals surface area contributed by atoms with E-state index in [-0.39, 0.29) is 37.4 Å². The summed E-state index contributed by atoms with van der Waals surface area (Å²) in [5, 5.41) is 8.83. The maximum Gasteiger partial charge on any atom is 0.319 e. The minimum atomic E-state index is -0.594. The molecule has 4 rings (SSSR count). The summed E-state index contributed by atoms with van der Waals surface area (Å²) in [6.45, 7) is 5.69. The fraction of sp³-hybridized carbons (Fsp3) is 0.405.